The zero-order valence-electron chi connectivity index (χ0n) is 9.45. The third kappa shape index (κ3) is 3.77. The molecule has 18 heavy (non-hydrogen) atoms. The normalized spacial score (nSPS) is 11.8. The van der Waals surface area contributed by atoms with Crippen LogP contribution >= 0.6 is 0 Å². The van der Waals surface area contributed by atoms with Crippen LogP contribution in [-0.4, -0.2) is 43.7 Å². The molecule has 9 heteroatoms. The minimum Gasteiger partial charge on any atom is -0.478 e. The van der Waals surface area contributed by atoms with Crippen LogP contribution < -0.4 is 5.32 Å². The van der Waals surface area contributed by atoms with Crippen molar-refractivity contribution in [3.8, 4) is 0 Å². The summed E-state index contributed by atoms with van der Waals surface area (Å²) in [6, 6.07) is 0.883. The highest BCUT2D eigenvalue weighted by Gasteiger charge is 2.17. The van der Waals surface area contributed by atoms with Crippen molar-refractivity contribution in [1.29, 1.82) is 0 Å². The molecule has 1 atom stereocenters. The summed E-state index contributed by atoms with van der Waals surface area (Å²) in [4.78, 5) is 24.2. The predicted octanol–water partition coefficient (Wildman–Crippen LogP) is 0.478. The van der Waals surface area contributed by atoms with E-state index in [9.17, 15) is 19.1 Å². The van der Waals surface area contributed by atoms with Gasteiger partial charge in [-0.05, 0) is 9.91 Å². The second kappa shape index (κ2) is 6.05. The number of aromatic carboxylic acids is 1. The van der Waals surface area contributed by atoms with E-state index in [1.807, 2.05) is 0 Å². The van der Waals surface area contributed by atoms with Gasteiger partial charge in [0.05, 0.1) is 17.3 Å². The van der Waals surface area contributed by atoms with Crippen molar-refractivity contribution in [2.24, 2.45) is 0 Å². The van der Waals surface area contributed by atoms with Gasteiger partial charge >= 0.3 is 11.8 Å². The predicted molar refractivity (Wildman–Crippen MR) is 65.3 cm³/mol. The molecule has 0 spiro atoms. The van der Waals surface area contributed by atoms with Crippen molar-refractivity contribution in [2.75, 3.05) is 23.9 Å². The van der Waals surface area contributed by atoms with Crippen molar-refractivity contribution in [1.82, 2.24) is 4.98 Å². The van der Waals surface area contributed by atoms with Gasteiger partial charge in [-0.25, -0.2) is 4.79 Å². The fourth-order valence-electron chi connectivity index (χ4n) is 1.19. The van der Waals surface area contributed by atoms with Gasteiger partial charge in [-0.3, -0.25) is 4.21 Å². The first-order valence-electron chi connectivity index (χ1n) is 4.83. The van der Waals surface area contributed by atoms with Crippen LogP contribution in [0.5, 0.6) is 0 Å². The maximum Gasteiger partial charge on any atom is 0.364 e. The zero-order valence-corrected chi connectivity index (χ0v) is 10.3. The Balaban J connectivity index is 2.93. The topological polar surface area (TPSA) is 122 Å². The summed E-state index contributed by atoms with van der Waals surface area (Å²) in [5.74, 6) is -1.48. The lowest BCUT2D eigenvalue weighted by molar-refractivity contribution is -0.389. The molecular formula is C9H11N3O5S. The van der Waals surface area contributed by atoms with E-state index in [0.717, 1.165) is 12.3 Å². The Labute approximate surface area is 105 Å². The lowest BCUT2D eigenvalue weighted by Crippen LogP contribution is -2.13. The van der Waals surface area contributed by atoms with Crippen LogP contribution in [-0.2, 0) is 10.8 Å². The molecule has 0 aliphatic rings. The van der Waals surface area contributed by atoms with Crippen LogP contribution in [0, 0.1) is 10.1 Å². The Hall–Kier alpha value is -2.03. The van der Waals surface area contributed by atoms with E-state index in [2.05, 4.69) is 10.3 Å². The number of rotatable bonds is 6. The number of anilines is 1. The highest BCUT2D eigenvalue weighted by Crippen LogP contribution is 2.19. The van der Waals surface area contributed by atoms with Gasteiger partial charge in [0, 0.05) is 29.4 Å². The summed E-state index contributed by atoms with van der Waals surface area (Å²) in [5.41, 5.74) is -0.0721. The summed E-state index contributed by atoms with van der Waals surface area (Å²) < 4.78 is 10.8. The smallest absolute Gasteiger partial charge is 0.364 e. The Morgan fingerprint density at radius 3 is 2.83 bits per heavy atom. The van der Waals surface area contributed by atoms with Crippen molar-refractivity contribution >= 4 is 28.3 Å². The molecule has 1 heterocycles. The van der Waals surface area contributed by atoms with Gasteiger partial charge in [-0.1, -0.05) is 0 Å². The number of nitro groups is 1. The number of carboxylic acid groups (broad SMARTS) is 1. The van der Waals surface area contributed by atoms with E-state index in [-0.39, 0.29) is 11.3 Å². The minimum absolute atomic E-state index is 0.165. The van der Waals surface area contributed by atoms with E-state index in [1.165, 1.54) is 6.26 Å². The van der Waals surface area contributed by atoms with E-state index < -0.39 is 27.5 Å². The number of aromatic nitrogens is 1. The second-order valence-electron chi connectivity index (χ2n) is 3.35. The molecule has 0 amide bonds. The van der Waals surface area contributed by atoms with Crippen LogP contribution in [0.2, 0.25) is 0 Å². The third-order valence-electron chi connectivity index (χ3n) is 2.01. The number of hydrogen-bond acceptors (Lipinski definition) is 6. The number of nitrogens with zero attached hydrogens (tertiary/aromatic N) is 2. The van der Waals surface area contributed by atoms with E-state index >= 15 is 0 Å². The average molecular weight is 273 g/mol. The van der Waals surface area contributed by atoms with Gasteiger partial charge in [0.1, 0.15) is 0 Å². The number of carbonyl (C=O) groups is 1. The van der Waals surface area contributed by atoms with E-state index in [0.29, 0.717) is 12.3 Å². The molecule has 0 bridgehead atoms. The van der Waals surface area contributed by atoms with Crippen LogP contribution in [0.4, 0.5) is 11.5 Å². The quantitative estimate of drug-likeness (QED) is 0.570. The molecule has 2 N–H and O–H groups in total. The van der Waals surface area contributed by atoms with Gasteiger partial charge in [-0.15, -0.1) is 0 Å². The fourth-order valence-corrected chi connectivity index (χ4v) is 1.58. The third-order valence-corrected chi connectivity index (χ3v) is 2.79. The van der Waals surface area contributed by atoms with Gasteiger partial charge in [0.2, 0.25) is 0 Å². The lowest BCUT2D eigenvalue weighted by Gasteiger charge is -2.06. The minimum atomic E-state index is -1.29. The van der Waals surface area contributed by atoms with Crippen LogP contribution in [0.25, 0.3) is 0 Å². The molecule has 0 fully saturated rings. The molecule has 0 saturated carbocycles. The Bertz CT molecular complexity index is 505. The van der Waals surface area contributed by atoms with Crippen LogP contribution in [0.1, 0.15) is 10.4 Å². The summed E-state index contributed by atoms with van der Waals surface area (Å²) in [6.07, 6.45) is 2.61. The molecule has 0 aliphatic carbocycles. The first-order chi connectivity index (χ1) is 8.41. The van der Waals surface area contributed by atoms with Crippen LogP contribution in [0.15, 0.2) is 12.3 Å². The monoisotopic (exact) mass is 273 g/mol. The molecule has 0 aromatic carbocycles. The van der Waals surface area contributed by atoms with Crippen LogP contribution in [0.3, 0.4) is 0 Å². The number of hydrogen-bond donors (Lipinski definition) is 2. The van der Waals surface area contributed by atoms with Gasteiger partial charge in [-0.2, -0.15) is 0 Å². The van der Waals surface area contributed by atoms with Gasteiger partial charge in [0.25, 0.3) is 0 Å². The van der Waals surface area contributed by atoms with E-state index in [4.69, 9.17) is 5.11 Å². The number of carboxylic acids is 1. The average Bonchev–Trinajstić information content (AvgIpc) is 2.28. The second-order valence-corrected chi connectivity index (χ2v) is 4.91. The Morgan fingerprint density at radius 2 is 2.33 bits per heavy atom. The maximum atomic E-state index is 10.9. The molecule has 0 saturated heterocycles. The lowest BCUT2D eigenvalue weighted by atomic mass is 10.2. The molecule has 1 aromatic rings. The summed E-state index contributed by atoms with van der Waals surface area (Å²) in [5, 5.41) is 22.1. The zero-order chi connectivity index (χ0) is 13.7. The Kier molecular flexibility index (Phi) is 4.72. The molecule has 1 unspecified atom stereocenters. The molecule has 0 aliphatic heterocycles. The van der Waals surface area contributed by atoms with E-state index in [1.54, 1.807) is 0 Å². The van der Waals surface area contributed by atoms with Crippen molar-refractivity contribution in [2.45, 2.75) is 0 Å². The molecule has 1 rings (SSSR count). The van der Waals surface area contributed by atoms with Gasteiger partial charge < -0.3 is 20.5 Å². The van der Waals surface area contributed by atoms with Crippen molar-refractivity contribution in [3.63, 3.8) is 0 Å². The SMILES string of the molecule is CS(=O)CCNc1cnc([N+](=O)[O-])cc1C(=O)O. The largest absolute Gasteiger partial charge is 0.478 e. The molecule has 1 aromatic heterocycles. The summed E-state index contributed by atoms with van der Waals surface area (Å²) >= 11 is 0. The first kappa shape index (κ1) is 14.0. The highest BCUT2D eigenvalue weighted by atomic mass is 32.2. The van der Waals surface area contributed by atoms with Gasteiger partial charge in [0.15, 0.2) is 6.20 Å². The van der Waals surface area contributed by atoms with Crippen molar-refractivity contribution < 1.29 is 19.0 Å². The van der Waals surface area contributed by atoms with Crippen molar-refractivity contribution in [3.05, 3.63) is 27.9 Å². The number of pyridine rings is 1. The summed E-state index contributed by atoms with van der Waals surface area (Å²) in [7, 11) is -1.01. The highest BCUT2D eigenvalue weighted by molar-refractivity contribution is 7.84. The molecule has 8 nitrogen and oxygen atoms in total. The molecule has 0 radical (unpaired) electrons. The number of nitrogens with one attached hydrogen (secondary N) is 1. The molecule has 98 valence electrons. The summed E-state index contributed by atoms with van der Waals surface area (Å²) in [6.45, 7) is 0.295. The first-order valence-corrected chi connectivity index (χ1v) is 6.56. The fraction of sp³-hybridized carbons (Fsp3) is 0.333. The standard InChI is InChI=1S/C9H11N3O5S/c1-18(17)3-2-10-7-5-11-8(12(15)16)4-6(7)9(13)14/h4-5,10H,2-3H2,1H3,(H,13,14). The molecular weight excluding hydrogens is 262 g/mol. The maximum absolute atomic E-state index is 10.9. The Morgan fingerprint density at radius 1 is 1.67 bits per heavy atom.